The molecule has 1 atom stereocenters. The molecule has 0 rings (SSSR count). The second kappa shape index (κ2) is 11.1. The lowest BCUT2D eigenvalue weighted by molar-refractivity contribution is -0.142. The number of hydrogen-bond acceptors (Lipinski definition) is 5. The summed E-state index contributed by atoms with van der Waals surface area (Å²) in [5.41, 5.74) is 0. The minimum absolute atomic E-state index is 0.0116. The molecule has 106 valence electrons. The fourth-order valence-corrected chi connectivity index (χ4v) is 1.22. The zero-order valence-corrected chi connectivity index (χ0v) is 11.1. The Balaban J connectivity index is 3.68. The lowest BCUT2D eigenvalue weighted by Gasteiger charge is -2.18. The Hall–Kier alpha value is -0.980. The lowest BCUT2D eigenvalue weighted by atomic mass is 10.1. The van der Waals surface area contributed by atoms with Crippen LogP contribution in [-0.4, -0.2) is 61.9 Å². The highest BCUT2D eigenvalue weighted by Gasteiger charge is 2.17. The van der Waals surface area contributed by atoms with E-state index in [4.69, 9.17) is 14.6 Å². The Kier molecular flexibility index (Phi) is 10.5. The Morgan fingerprint density at radius 2 is 1.89 bits per heavy atom. The number of nitrogens with zero attached hydrogens (tertiary/aromatic N) is 1. The number of carbonyl (C=O) groups is 2. The molecule has 0 radical (unpaired) electrons. The van der Waals surface area contributed by atoms with Gasteiger partial charge in [-0.15, -0.1) is 0 Å². The first kappa shape index (κ1) is 17.0. The molecule has 0 aliphatic carbocycles. The summed E-state index contributed by atoms with van der Waals surface area (Å²) in [6.07, 6.45) is 1.25. The number of aliphatic hydroxyl groups is 1. The number of rotatable bonds is 11. The third kappa shape index (κ3) is 7.37. The molecular formula is C12H23NO5. The van der Waals surface area contributed by atoms with Gasteiger partial charge in [0.25, 0.3) is 0 Å². The van der Waals surface area contributed by atoms with E-state index in [2.05, 4.69) is 0 Å². The third-order valence-corrected chi connectivity index (χ3v) is 2.53. The van der Waals surface area contributed by atoms with Crippen LogP contribution in [0, 0.1) is 5.92 Å². The molecule has 18 heavy (non-hydrogen) atoms. The Morgan fingerprint density at radius 1 is 1.28 bits per heavy atom. The smallest absolute Gasteiger partial charge is 0.231 e. The van der Waals surface area contributed by atoms with Gasteiger partial charge in [0.2, 0.25) is 12.3 Å². The molecule has 0 saturated heterocycles. The Morgan fingerprint density at radius 3 is 2.39 bits per heavy atom. The number of hydrogen-bond donors (Lipinski definition) is 1. The van der Waals surface area contributed by atoms with Crippen molar-refractivity contribution in [2.75, 3.05) is 39.6 Å². The SMILES string of the molecule is CCC(C)C(=O)N(C=O)CCOCCOCCO. The molecule has 6 heteroatoms. The molecule has 6 nitrogen and oxygen atoms in total. The second-order valence-electron chi connectivity index (χ2n) is 3.89. The van der Waals surface area contributed by atoms with Crippen molar-refractivity contribution in [2.24, 2.45) is 5.92 Å². The Labute approximate surface area is 108 Å². The monoisotopic (exact) mass is 261 g/mol. The van der Waals surface area contributed by atoms with Gasteiger partial charge in [0.1, 0.15) is 0 Å². The molecule has 0 spiro atoms. The first-order valence-electron chi connectivity index (χ1n) is 6.19. The molecule has 1 N–H and O–H groups in total. The second-order valence-corrected chi connectivity index (χ2v) is 3.89. The molecule has 0 aromatic rings. The fraction of sp³-hybridized carbons (Fsp3) is 0.833. The van der Waals surface area contributed by atoms with Crippen molar-refractivity contribution in [3.05, 3.63) is 0 Å². The van der Waals surface area contributed by atoms with E-state index in [1.807, 2.05) is 6.92 Å². The summed E-state index contributed by atoms with van der Waals surface area (Å²) in [5, 5.41) is 8.46. The van der Waals surface area contributed by atoms with Gasteiger partial charge < -0.3 is 14.6 Å². The summed E-state index contributed by atoms with van der Waals surface area (Å²) >= 11 is 0. The Bertz CT molecular complexity index is 235. The van der Waals surface area contributed by atoms with E-state index in [-0.39, 0.29) is 31.6 Å². The molecular weight excluding hydrogens is 238 g/mol. The summed E-state index contributed by atoms with van der Waals surface area (Å²) in [6.45, 7) is 5.29. The zero-order chi connectivity index (χ0) is 13.8. The van der Waals surface area contributed by atoms with Gasteiger partial charge in [-0.3, -0.25) is 14.5 Å². The van der Waals surface area contributed by atoms with Crippen LogP contribution in [0.25, 0.3) is 0 Å². The standard InChI is InChI=1S/C12H23NO5/c1-3-11(2)12(16)13(10-15)4-6-17-8-9-18-7-5-14/h10-11,14H,3-9H2,1-2H3. The average Bonchev–Trinajstić information content (AvgIpc) is 2.40. The molecule has 2 amide bonds. The predicted octanol–water partition coefficient (Wildman–Crippen LogP) is 0.0430. The number of aliphatic hydroxyl groups excluding tert-OH is 1. The van der Waals surface area contributed by atoms with Gasteiger partial charge in [-0.2, -0.15) is 0 Å². The van der Waals surface area contributed by atoms with Crippen molar-refractivity contribution >= 4 is 12.3 Å². The third-order valence-electron chi connectivity index (χ3n) is 2.53. The average molecular weight is 261 g/mol. The van der Waals surface area contributed by atoms with Crippen LogP contribution in [0.2, 0.25) is 0 Å². The van der Waals surface area contributed by atoms with Crippen molar-refractivity contribution < 1.29 is 24.2 Å². The molecule has 0 aliphatic heterocycles. The van der Waals surface area contributed by atoms with Gasteiger partial charge in [0, 0.05) is 5.92 Å². The van der Waals surface area contributed by atoms with Crippen LogP contribution in [0.4, 0.5) is 0 Å². The van der Waals surface area contributed by atoms with E-state index in [1.54, 1.807) is 6.92 Å². The summed E-state index contributed by atoms with van der Waals surface area (Å²) in [4.78, 5) is 23.6. The molecule has 0 aromatic heterocycles. The number of imide groups is 1. The first-order valence-corrected chi connectivity index (χ1v) is 6.19. The largest absolute Gasteiger partial charge is 0.394 e. The van der Waals surface area contributed by atoms with E-state index in [0.717, 1.165) is 4.90 Å². The quantitative estimate of drug-likeness (QED) is 0.420. The van der Waals surface area contributed by atoms with E-state index < -0.39 is 0 Å². The van der Waals surface area contributed by atoms with Gasteiger partial charge in [-0.1, -0.05) is 13.8 Å². The number of amides is 2. The van der Waals surface area contributed by atoms with Crippen molar-refractivity contribution in [1.29, 1.82) is 0 Å². The fourth-order valence-electron chi connectivity index (χ4n) is 1.22. The van der Waals surface area contributed by atoms with Crippen molar-refractivity contribution in [3.8, 4) is 0 Å². The predicted molar refractivity (Wildman–Crippen MR) is 66.0 cm³/mol. The molecule has 0 fully saturated rings. The highest BCUT2D eigenvalue weighted by Crippen LogP contribution is 2.04. The highest BCUT2D eigenvalue weighted by atomic mass is 16.5. The zero-order valence-electron chi connectivity index (χ0n) is 11.1. The minimum atomic E-state index is -0.173. The van der Waals surface area contributed by atoms with E-state index in [9.17, 15) is 9.59 Å². The van der Waals surface area contributed by atoms with Crippen LogP contribution in [0.1, 0.15) is 20.3 Å². The molecule has 1 unspecified atom stereocenters. The molecule has 0 saturated carbocycles. The van der Waals surface area contributed by atoms with Crippen LogP contribution in [-0.2, 0) is 19.1 Å². The van der Waals surface area contributed by atoms with Gasteiger partial charge >= 0.3 is 0 Å². The van der Waals surface area contributed by atoms with Gasteiger partial charge in [-0.25, -0.2) is 0 Å². The summed E-state index contributed by atoms with van der Waals surface area (Å²) < 4.78 is 10.2. The van der Waals surface area contributed by atoms with Crippen LogP contribution in [0.3, 0.4) is 0 Å². The van der Waals surface area contributed by atoms with Crippen molar-refractivity contribution in [1.82, 2.24) is 4.90 Å². The van der Waals surface area contributed by atoms with E-state index in [0.29, 0.717) is 32.7 Å². The van der Waals surface area contributed by atoms with Gasteiger partial charge in [0.15, 0.2) is 0 Å². The van der Waals surface area contributed by atoms with E-state index in [1.165, 1.54) is 0 Å². The summed E-state index contributed by atoms with van der Waals surface area (Å²) in [6, 6.07) is 0. The van der Waals surface area contributed by atoms with Gasteiger partial charge in [-0.05, 0) is 6.42 Å². The number of carbonyl (C=O) groups excluding carboxylic acids is 2. The normalized spacial score (nSPS) is 12.2. The maximum atomic E-state index is 11.7. The first-order chi connectivity index (χ1) is 8.67. The van der Waals surface area contributed by atoms with E-state index >= 15 is 0 Å². The van der Waals surface area contributed by atoms with Gasteiger partial charge in [0.05, 0.1) is 39.6 Å². The number of ether oxygens (including phenoxy) is 2. The molecule has 0 aliphatic rings. The van der Waals surface area contributed by atoms with Crippen LogP contribution in [0.5, 0.6) is 0 Å². The van der Waals surface area contributed by atoms with Crippen molar-refractivity contribution in [2.45, 2.75) is 20.3 Å². The van der Waals surface area contributed by atoms with Crippen LogP contribution < -0.4 is 0 Å². The van der Waals surface area contributed by atoms with Crippen LogP contribution in [0.15, 0.2) is 0 Å². The maximum Gasteiger partial charge on any atom is 0.231 e. The maximum absolute atomic E-state index is 11.7. The minimum Gasteiger partial charge on any atom is -0.394 e. The van der Waals surface area contributed by atoms with Crippen molar-refractivity contribution in [3.63, 3.8) is 0 Å². The lowest BCUT2D eigenvalue weighted by Crippen LogP contribution is -2.36. The summed E-state index contributed by atoms with van der Waals surface area (Å²) in [7, 11) is 0. The molecule has 0 heterocycles. The molecule has 0 aromatic carbocycles. The van der Waals surface area contributed by atoms with Crippen LogP contribution >= 0.6 is 0 Å². The topological polar surface area (TPSA) is 76.1 Å². The molecule has 0 bridgehead atoms. The highest BCUT2D eigenvalue weighted by molar-refractivity contribution is 5.87. The summed E-state index contributed by atoms with van der Waals surface area (Å²) in [5.74, 6) is -0.323.